The van der Waals surface area contributed by atoms with Crippen LogP contribution in [0.2, 0.25) is 0 Å². The fourth-order valence-electron chi connectivity index (χ4n) is 5.57. The topological polar surface area (TPSA) is 147 Å². The summed E-state index contributed by atoms with van der Waals surface area (Å²) in [5, 5.41) is 35.2. The second kappa shape index (κ2) is 11.3. The van der Waals surface area contributed by atoms with Gasteiger partial charge in [0.05, 0.1) is 46.0 Å². The molecule has 10 radical (unpaired) electrons. The van der Waals surface area contributed by atoms with E-state index in [4.69, 9.17) is 44.0 Å². The van der Waals surface area contributed by atoms with Gasteiger partial charge in [0.2, 0.25) is 0 Å². The van der Waals surface area contributed by atoms with E-state index in [2.05, 4.69) is 15.6 Å². The number of carbonyl (C=O) groups excluding carboxylic acids is 2. The van der Waals surface area contributed by atoms with Gasteiger partial charge in [-0.05, 0) is 67.1 Å². The molecule has 1 fully saturated rings. The molecule has 6 rings (SSSR count). The van der Waals surface area contributed by atoms with Crippen LogP contribution in [0.5, 0.6) is 28.7 Å². The Balaban J connectivity index is 1.30. The highest BCUT2D eigenvalue weighted by Crippen LogP contribution is 2.47. The number of phenols is 3. The number of aromatic hydroxyl groups is 3. The molecule has 0 saturated carbocycles. The van der Waals surface area contributed by atoms with Gasteiger partial charge in [-0.1, -0.05) is 5.24 Å². The van der Waals surface area contributed by atoms with Gasteiger partial charge in [0.1, 0.15) is 31.1 Å². The van der Waals surface area contributed by atoms with Crippen LogP contribution in [-0.2, 0) is 0 Å². The largest absolute Gasteiger partial charge is 0.505 e. The van der Waals surface area contributed by atoms with E-state index in [1.807, 2.05) is 0 Å². The molecule has 1 atom stereocenters. The number of aromatic nitrogens is 1. The molecule has 2 aliphatic heterocycles. The van der Waals surface area contributed by atoms with E-state index < -0.39 is 39.4 Å². The summed E-state index contributed by atoms with van der Waals surface area (Å²) in [6.45, 7) is 2.74. The minimum Gasteiger partial charge on any atom is -0.505 e. The van der Waals surface area contributed by atoms with Crippen molar-refractivity contribution in [1.82, 2.24) is 15.2 Å². The number of carbonyl (C=O) groups is 2. The zero-order valence-electron chi connectivity index (χ0n) is 24.0. The summed E-state index contributed by atoms with van der Waals surface area (Å²) in [5.74, 6) is -2.64. The molecule has 0 spiro atoms. The first-order valence-corrected chi connectivity index (χ1v) is 14.6. The Hall–Kier alpha value is -4.23. The third-order valence-corrected chi connectivity index (χ3v) is 8.93. The predicted molar refractivity (Wildman–Crippen MR) is 176 cm³/mol. The number of amides is 3. The number of hydrogen-bond acceptors (Lipinski definition) is 9. The highest BCUT2D eigenvalue weighted by Gasteiger charge is 2.35. The van der Waals surface area contributed by atoms with Gasteiger partial charge >= 0.3 is 6.03 Å². The Morgan fingerprint density at radius 2 is 1.84 bits per heavy atom. The lowest BCUT2D eigenvalue weighted by Crippen LogP contribution is -2.58. The predicted octanol–water partition coefficient (Wildman–Crippen LogP) is 1.10. The maximum Gasteiger partial charge on any atom is 0.331 e. The lowest BCUT2D eigenvalue weighted by atomic mass is 9.48. The normalized spacial score (nSPS) is 16.9. The van der Waals surface area contributed by atoms with Crippen LogP contribution in [0.25, 0.3) is 10.2 Å². The van der Waals surface area contributed by atoms with E-state index in [1.54, 1.807) is 36.2 Å². The van der Waals surface area contributed by atoms with Crippen LogP contribution in [-0.4, -0.2) is 101 Å². The van der Waals surface area contributed by atoms with Crippen LogP contribution in [0.3, 0.4) is 0 Å². The van der Waals surface area contributed by atoms with E-state index in [0.29, 0.717) is 57.2 Å². The van der Waals surface area contributed by atoms with Crippen molar-refractivity contribution in [3.63, 3.8) is 0 Å². The van der Waals surface area contributed by atoms with Gasteiger partial charge < -0.3 is 35.6 Å². The fraction of sp³-hybridized carbons (Fsp3) is 0.250. The molecule has 0 aliphatic carbocycles. The molecule has 45 heavy (non-hydrogen) atoms. The second-order valence-corrected chi connectivity index (χ2v) is 12.0. The average molecular weight is 611 g/mol. The minimum absolute atomic E-state index is 0.202. The van der Waals surface area contributed by atoms with Crippen LogP contribution in [0.4, 0.5) is 21.9 Å². The van der Waals surface area contributed by atoms with E-state index in [-0.39, 0.29) is 23.4 Å². The molecule has 3 amide bonds. The number of phenolic OH excluding ortho intramolecular Hbond substituents is 3. The molecular formula is C28H22B5N5O6S. The third kappa shape index (κ3) is 5.37. The number of likely N-dealkylation sites (tertiary alicyclic amines) is 1. The van der Waals surface area contributed by atoms with Gasteiger partial charge in [0, 0.05) is 18.8 Å². The average Bonchev–Trinajstić information content (AvgIpc) is 3.37. The SMILES string of the molecule is [B]c1c(O)c(O)c([B])c(Oc2ccc(N3C(=O)Nc4c(C(=O)N[C@@H]5CCCN(C([B])([B])[B])C5)sc5nccc3c45)c(C)c2)c1O. The molecule has 4 aromatic rings. The first-order chi connectivity index (χ1) is 21.3. The Kier molecular flexibility index (Phi) is 7.72. The summed E-state index contributed by atoms with van der Waals surface area (Å²) in [4.78, 5) is 35.6. The molecule has 2 aliphatic rings. The maximum atomic E-state index is 13.6. The molecule has 2 aromatic carbocycles. The quantitative estimate of drug-likeness (QED) is 0.124. The number of piperidine rings is 1. The van der Waals surface area contributed by atoms with E-state index in [1.165, 1.54) is 11.0 Å². The first kappa shape index (κ1) is 30.8. The van der Waals surface area contributed by atoms with Crippen LogP contribution in [0.1, 0.15) is 28.1 Å². The molecule has 0 bridgehead atoms. The number of urea groups is 1. The molecule has 216 valence electrons. The monoisotopic (exact) mass is 611 g/mol. The molecule has 17 heteroatoms. The molecule has 5 N–H and O–H groups in total. The number of anilines is 3. The maximum absolute atomic E-state index is 13.6. The van der Waals surface area contributed by atoms with Crippen molar-refractivity contribution in [1.29, 1.82) is 0 Å². The van der Waals surface area contributed by atoms with Crippen LogP contribution in [0, 0.1) is 6.92 Å². The Morgan fingerprint density at radius 1 is 1.11 bits per heavy atom. The van der Waals surface area contributed by atoms with Crippen LogP contribution >= 0.6 is 11.3 Å². The van der Waals surface area contributed by atoms with Gasteiger partial charge in [0.15, 0.2) is 23.0 Å². The smallest absolute Gasteiger partial charge is 0.331 e. The zero-order valence-corrected chi connectivity index (χ0v) is 24.8. The number of nitrogens with zero attached hydrogens (tertiary/aromatic N) is 3. The summed E-state index contributed by atoms with van der Waals surface area (Å²) in [7, 11) is 29.1. The van der Waals surface area contributed by atoms with Gasteiger partial charge in [-0.25, -0.2) is 9.78 Å². The van der Waals surface area contributed by atoms with Gasteiger partial charge in [-0.15, -0.1) is 11.3 Å². The number of benzene rings is 2. The summed E-state index contributed by atoms with van der Waals surface area (Å²) < 4.78 is 5.72. The van der Waals surface area contributed by atoms with E-state index in [9.17, 15) is 24.9 Å². The van der Waals surface area contributed by atoms with Crippen molar-refractivity contribution in [3.8, 4) is 28.7 Å². The first-order valence-electron chi connectivity index (χ1n) is 13.8. The lowest BCUT2D eigenvalue weighted by molar-refractivity contribution is 0.0907. The molecule has 4 heterocycles. The number of ether oxygens (including phenoxy) is 1. The number of rotatable bonds is 6. The molecule has 11 nitrogen and oxygen atoms in total. The van der Waals surface area contributed by atoms with Crippen molar-refractivity contribution in [2.45, 2.75) is 31.0 Å². The standard InChI is InChI=1S/C28H22B5N5O6S/c1-11-9-13(44-23-18(30)21(40)20(39)17(29)22(23)41)4-5-14(11)38-15-6-7-34-26-16(15)19(36-27(38)43)24(45-26)25(42)35-12-3-2-8-37(10-12)28(31,32)33/h4-7,9,12,39-41H,2-3,8,10H2,1H3,(H,35,42)(H,36,43)/t12-/m1/s1. The number of hydrogen-bond donors (Lipinski definition) is 5. The fourth-order valence-corrected chi connectivity index (χ4v) is 6.59. The Bertz CT molecular complexity index is 1850. The molecular weight excluding hydrogens is 588 g/mol. The van der Waals surface area contributed by atoms with Crippen molar-refractivity contribution in [3.05, 3.63) is 40.9 Å². The van der Waals surface area contributed by atoms with Gasteiger partial charge in [0.25, 0.3) is 5.91 Å². The van der Waals surface area contributed by atoms with Crippen molar-refractivity contribution in [2.24, 2.45) is 0 Å². The molecule has 1 saturated heterocycles. The summed E-state index contributed by atoms with van der Waals surface area (Å²) in [6, 6.07) is 5.69. The Morgan fingerprint density at radius 3 is 2.56 bits per heavy atom. The third-order valence-electron chi connectivity index (χ3n) is 7.83. The number of aryl methyl sites for hydroxylation is 1. The zero-order chi connectivity index (χ0) is 32.4. The highest BCUT2D eigenvalue weighted by atomic mass is 32.1. The van der Waals surface area contributed by atoms with Crippen molar-refractivity contribution >= 4 is 101 Å². The minimum atomic E-state index is -1.50. The molecule has 0 unspecified atom stereocenters. The van der Waals surface area contributed by atoms with Gasteiger partial charge in [-0.2, -0.15) is 0 Å². The summed E-state index contributed by atoms with van der Waals surface area (Å²) in [6.07, 6.45) is 3.03. The molecule has 2 aromatic heterocycles. The summed E-state index contributed by atoms with van der Waals surface area (Å²) >= 11 is 1.16. The lowest BCUT2D eigenvalue weighted by Gasteiger charge is -2.43. The van der Waals surface area contributed by atoms with E-state index >= 15 is 0 Å². The number of thiophene rings is 1. The Labute approximate surface area is 269 Å². The second-order valence-electron chi connectivity index (χ2n) is 11.0. The van der Waals surface area contributed by atoms with Crippen molar-refractivity contribution < 1.29 is 29.6 Å². The van der Waals surface area contributed by atoms with Crippen LogP contribution < -0.4 is 31.2 Å². The number of nitrogens with one attached hydrogen (secondary N) is 2. The highest BCUT2D eigenvalue weighted by molar-refractivity contribution is 7.21. The van der Waals surface area contributed by atoms with Gasteiger partial charge in [-0.3, -0.25) is 9.69 Å². The van der Waals surface area contributed by atoms with Crippen LogP contribution in [0.15, 0.2) is 30.5 Å². The van der Waals surface area contributed by atoms with Crippen molar-refractivity contribution in [2.75, 3.05) is 23.3 Å². The number of pyridine rings is 1. The van der Waals surface area contributed by atoms with E-state index in [0.717, 1.165) is 17.8 Å². The summed E-state index contributed by atoms with van der Waals surface area (Å²) in [5.41, 5.74) is 1.07.